The van der Waals surface area contributed by atoms with Crippen molar-refractivity contribution in [2.45, 2.75) is 20.0 Å². The third kappa shape index (κ3) is 7.03. The number of halogens is 1. The smallest absolute Gasteiger partial charge is 0.335 e. The first-order valence-electron chi connectivity index (χ1n) is 10.7. The lowest BCUT2D eigenvalue weighted by atomic mass is 10.1. The van der Waals surface area contributed by atoms with Crippen molar-refractivity contribution in [2.75, 3.05) is 6.61 Å². The number of amides is 1. The van der Waals surface area contributed by atoms with Crippen LogP contribution in [0.3, 0.4) is 0 Å². The minimum atomic E-state index is -1.01. The predicted molar refractivity (Wildman–Crippen MR) is 133 cm³/mol. The number of hydrogen-bond donors (Lipinski definition) is 2. The SMILES string of the molecule is CCOc1cc(/C=N/NC(=O)Cc2ccccc2[N+](=O)[O-])cc(Cl)c1OCc1ccc(C(=O)O)cc1. The van der Waals surface area contributed by atoms with E-state index in [4.69, 9.17) is 26.2 Å². The monoisotopic (exact) mass is 511 g/mol. The van der Waals surface area contributed by atoms with Crippen molar-refractivity contribution in [1.82, 2.24) is 5.43 Å². The van der Waals surface area contributed by atoms with Crippen LogP contribution >= 0.6 is 11.6 Å². The molecule has 10 nitrogen and oxygen atoms in total. The van der Waals surface area contributed by atoms with Gasteiger partial charge in [-0.3, -0.25) is 14.9 Å². The minimum Gasteiger partial charge on any atom is -0.490 e. The van der Waals surface area contributed by atoms with Crippen LogP contribution in [0.1, 0.15) is 34.0 Å². The van der Waals surface area contributed by atoms with Gasteiger partial charge in [0.1, 0.15) is 6.61 Å². The maximum atomic E-state index is 12.2. The van der Waals surface area contributed by atoms with Gasteiger partial charge in [0.2, 0.25) is 5.91 Å². The lowest BCUT2D eigenvalue weighted by Gasteiger charge is -2.14. The number of nitrogens with zero attached hydrogens (tertiary/aromatic N) is 2. The van der Waals surface area contributed by atoms with E-state index in [-0.39, 0.29) is 34.9 Å². The Morgan fingerprint density at radius 2 is 1.86 bits per heavy atom. The minimum absolute atomic E-state index is 0.134. The van der Waals surface area contributed by atoms with Crippen LogP contribution in [-0.4, -0.2) is 34.7 Å². The number of rotatable bonds is 11. The molecule has 3 aromatic rings. The molecule has 0 aliphatic carbocycles. The van der Waals surface area contributed by atoms with Gasteiger partial charge >= 0.3 is 5.97 Å². The van der Waals surface area contributed by atoms with Crippen molar-refractivity contribution in [3.8, 4) is 11.5 Å². The molecule has 0 unspecified atom stereocenters. The zero-order valence-corrected chi connectivity index (χ0v) is 19.9. The van der Waals surface area contributed by atoms with Crippen LogP contribution in [0, 0.1) is 10.1 Å². The van der Waals surface area contributed by atoms with Crippen LogP contribution in [-0.2, 0) is 17.8 Å². The second kappa shape index (κ2) is 12.3. The van der Waals surface area contributed by atoms with E-state index < -0.39 is 16.8 Å². The van der Waals surface area contributed by atoms with Gasteiger partial charge in [0.15, 0.2) is 11.5 Å². The maximum Gasteiger partial charge on any atom is 0.335 e. The van der Waals surface area contributed by atoms with Crippen LogP contribution in [0.4, 0.5) is 5.69 Å². The summed E-state index contributed by atoms with van der Waals surface area (Å²) in [5, 5.41) is 24.3. The van der Waals surface area contributed by atoms with Crippen molar-refractivity contribution in [2.24, 2.45) is 5.10 Å². The second-order valence-corrected chi connectivity index (χ2v) is 7.82. The first-order valence-corrected chi connectivity index (χ1v) is 11.1. The van der Waals surface area contributed by atoms with E-state index in [2.05, 4.69) is 10.5 Å². The summed E-state index contributed by atoms with van der Waals surface area (Å²) in [6.45, 7) is 2.27. The Labute approximate surface area is 211 Å². The molecule has 1 amide bonds. The van der Waals surface area contributed by atoms with E-state index in [9.17, 15) is 19.7 Å². The van der Waals surface area contributed by atoms with Gasteiger partial charge in [0.25, 0.3) is 5.69 Å². The second-order valence-electron chi connectivity index (χ2n) is 7.41. The van der Waals surface area contributed by atoms with Gasteiger partial charge in [-0.2, -0.15) is 5.10 Å². The van der Waals surface area contributed by atoms with Gasteiger partial charge in [-0.15, -0.1) is 0 Å². The molecule has 0 saturated heterocycles. The fraction of sp³-hybridized carbons (Fsp3) is 0.160. The molecule has 0 heterocycles. The quantitative estimate of drug-likeness (QED) is 0.217. The average molecular weight is 512 g/mol. The molecule has 0 radical (unpaired) electrons. The molecule has 0 bridgehead atoms. The fourth-order valence-electron chi connectivity index (χ4n) is 3.19. The molecule has 11 heteroatoms. The van der Waals surface area contributed by atoms with E-state index >= 15 is 0 Å². The van der Waals surface area contributed by atoms with Crippen molar-refractivity contribution >= 4 is 35.4 Å². The Morgan fingerprint density at radius 3 is 2.53 bits per heavy atom. The Hall–Kier alpha value is -4.44. The molecule has 0 aliphatic heterocycles. The van der Waals surface area contributed by atoms with Crippen LogP contribution < -0.4 is 14.9 Å². The molecule has 0 spiro atoms. The molecule has 2 N–H and O–H groups in total. The lowest BCUT2D eigenvalue weighted by molar-refractivity contribution is -0.385. The van der Waals surface area contributed by atoms with Gasteiger partial charge in [-0.1, -0.05) is 41.9 Å². The zero-order chi connectivity index (χ0) is 26.1. The number of nitrogens with one attached hydrogen (secondary N) is 1. The lowest BCUT2D eigenvalue weighted by Crippen LogP contribution is -2.20. The molecule has 0 fully saturated rings. The average Bonchev–Trinajstić information content (AvgIpc) is 2.84. The third-order valence-corrected chi connectivity index (χ3v) is 5.14. The summed E-state index contributed by atoms with van der Waals surface area (Å²) in [5.74, 6) is -0.872. The van der Waals surface area contributed by atoms with Gasteiger partial charge in [0.05, 0.1) is 34.8 Å². The molecule has 0 aromatic heterocycles. The molecule has 0 aliphatic rings. The van der Waals surface area contributed by atoms with E-state index in [1.807, 2.05) is 0 Å². The van der Waals surface area contributed by atoms with Crippen LogP contribution in [0.25, 0.3) is 0 Å². The van der Waals surface area contributed by atoms with Crippen molar-refractivity contribution < 1.29 is 29.1 Å². The number of benzene rings is 3. The first kappa shape index (κ1) is 26.2. The van der Waals surface area contributed by atoms with E-state index in [1.165, 1.54) is 36.5 Å². The Morgan fingerprint density at radius 1 is 1.14 bits per heavy atom. The highest BCUT2D eigenvalue weighted by Crippen LogP contribution is 2.37. The van der Waals surface area contributed by atoms with E-state index in [0.29, 0.717) is 23.7 Å². The summed E-state index contributed by atoms with van der Waals surface area (Å²) < 4.78 is 11.5. The number of ether oxygens (including phenoxy) is 2. The number of nitro benzene ring substituents is 1. The number of hydrogen-bond acceptors (Lipinski definition) is 7. The number of carboxylic acid groups (broad SMARTS) is 1. The van der Waals surface area contributed by atoms with Gasteiger partial charge in [-0.05, 0) is 42.3 Å². The Balaban J connectivity index is 1.67. The third-order valence-electron chi connectivity index (χ3n) is 4.86. The highest BCUT2D eigenvalue weighted by molar-refractivity contribution is 6.32. The molecule has 186 valence electrons. The largest absolute Gasteiger partial charge is 0.490 e. The highest BCUT2D eigenvalue weighted by atomic mass is 35.5. The highest BCUT2D eigenvalue weighted by Gasteiger charge is 2.16. The standard InChI is InChI=1S/C25H22ClN3O7/c1-2-35-22-12-17(14-27-28-23(30)13-19-5-3-4-6-21(19)29(33)34)11-20(26)24(22)36-15-16-7-9-18(10-8-16)25(31)32/h3-12,14H,2,13,15H2,1H3,(H,28,30)(H,31,32)/b27-14+. The summed E-state index contributed by atoms with van der Waals surface area (Å²) in [6, 6.07) is 15.4. The number of aromatic carboxylic acids is 1. The molecule has 3 rings (SSSR count). The normalized spacial score (nSPS) is 10.7. The van der Waals surface area contributed by atoms with Crippen molar-refractivity contribution in [1.29, 1.82) is 0 Å². The number of hydrazone groups is 1. The molecular weight excluding hydrogens is 490 g/mol. The van der Waals surface area contributed by atoms with Crippen LogP contribution in [0.5, 0.6) is 11.5 Å². The summed E-state index contributed by atoms with van der Waals surface area (Å²) in [4.78, 5) is 33.7. The molecule has 3 aromatic carbocycles. The number of carboxylic acids is 1. The predicted octanol–water partition coefficient (Wildman–Crippen LogP) is 4.62. The molecule has 36 heavy (non-hydrogen) atoms. The van der Waals surface area contributed by atoms with Crippen molar-refractivity contribution in [3.63, 3.8) is 0 Å². The fourth-order valence-corrected chi connectivity index (χ4v) is 3.47. The molecular formula is C25H22ClN3O7. The summed E-state index contributed by atoms with van der Waals surface area (Å²) in [5.41, 5.74) is 3.91. The summed E-state index contributed by atoms with van der Waals surface area (Å²) >= 11 is 6.40. The summed E-state index contributed by atoms with van der Waals surface area (Å²) in [7, 11) is 0. The Bertz CT molecular complexity index is 1290. The number of nitro groups is 1. The van der Waals surface area contributed by atoms with E-state index in [0.717, 1.165) is 5.56 Å². The van der Waals surface area contributed by atoms with Gasteiger partial charge in [-0.25, -0.2) is 10.2 Å². The Kier molecular flexibility index (Phi) is 8.95. The summed E-state index contributed by atoms with van der Waals surface area (Å²) in [6.07, 6.45) is 1.15. The number of carbonyl (C=O) groups is 2. The van der Waals surface area contributed by atoms with E-state index in [1.54, 1.807) is 37.3 Å². The van der Waals surface area contributed by atoms with Crippen LogP contribution in [0.15, 0.2) is 65.8 Å². The van der Waals surface area contributed by atoms with Gasteiger partial charge < -0.3 is 14.6 Å². The topological polar surface area (TPSA) is 140 Å². The van der Waals surface area contributed by atoms with Crippen LogP contribution in [0.2, 0.25) is 5.02 Å². The molecule has 0 atom stereocenters. The zero-order valence-electron chi connectivity index (χ0n) is 19.1. The number of carbonyl (C=O) groups excluding carboxylic acids is 1. The van der Waals surface area contributed by atoms with Crippen molar-refractivity contribution in [3.05, 3.63) is 98.1 Å². The maximum absolute atomic E-state index is 12.2. The number of para-hydroxylation sites is 1. The first-order chi connectivity index (χ1) is 17.3. The molecule has 0 saturated carbocycles. The van der Waals surface area contributed by atoms with Gasteiger partial charge in [0, 0.05) is 11.6 Å².